The van der Waals surface area contributed by atoms with Crippen molar-refractivity contribution in [3.8, 4) is 0 Å². The molecule has 0 bridgehead atoms. The van der Waals surface area contributed by atoms with Crippen LogP contribution in [0, 0.1) is 5.82 Å². The van der Waals surface area contributed by atoms with E-state index in [2.05, 4.69) is 29.2 Å². The average Bonchev–Trinajstić information content (AvgIpc) is 2.27. The largest absolute Gasteiger partial charge is 0.367 e. The van der Waals surface area contributed by atoms with Crippen LogP contribution in [-0.4, -0.2) is 35.6 Å². The second-order valence-electron chi connectivity index (χ2n) is 4.56. The molecule has 1 aromatic rings. The van der Waals surface area contributed by atoms with Gasteiger partial charge in [-0.15, -0.1) is 0 Å². The summed E-state index contributed by atoms with van der Waals surface area (Å²) in [5.41, 5.74) is 0. The van der Waals surface area contributed by atoms with Crippen LogP contribution < -0.4 is 5.32 Å². The Balaban J connectivity index is 1.93. The number of pyridine rings is 1. The minimum atomic E-state index is -0.290. The van der Waals surface area contributed by atoms with E-state index in [0.717, 1.165) is 25.2 Å². The molecule has 1 fully saturated rings. The van der Waals surface area contributed by atoms with E-state index in [1.54, 1.807) is 6.07 Å². The van der Waals surface area contributed by atoms with Gasteiger partial charge in [-0.2, -0.15) is 0 Å². The number of piperidine rings is 1. The van der Waals surface area contributed by atoms with Gasteiger partial charge in [0.1, 0.15) is 11.6 Å². The third-order valence-corrected chi connectivity index (χ3v) is 3.29. The van der Waals surface area contributed by atoms with E-state index in [9.17, 15) is 4.39 Å². The molecule has 1 aliphatic heterocycles. The predicted octanol–water partition coefficient (Wildman–Crippen LogP) is 2.12. The summed E-state index contributed by atoms with van der Waals surface area (Å²) < 4.78 is 12.7. The molecule has 2 atom stereocenters. The van der Waals surface area contributed by atoms with Gasteiger partial charge in [0.25, 0.3) is 0 Å². The molecule has 4 heteroatoms. The van der Waals surface area contributed by atoms with Crippen molar-refractivity contribution in [1.82, 2.24) is 9.88 Å². The van der Waals surface area contributed by atoms with E-state index in [0.29, 0.717) is 12.1 Å². The van der Waals surface area contributed by atoms with Crippen molar-refractivity contribution < 1.29 is 4.39 Å². The number of rotatable bonds is 2. The number of nitrogens with zero attached hydrogens (tertiary/aromatic N) is 2. The van der Waals surface area contributed by atoms with Crippen LogP contribution in [0.3, 0.4) is 0 Å². The smallest absolute Gasteiger partial charge is 0.141 e. The monoisotopic (exact) mass is 223 g/mol. The second kappa shape index (κ2) is 4.78. The molecule has 1 aromatic heterocycles. The average molecular weight is 223 g/mol. The zero-order chi connectivity index (χ0) is 11.5. The Morgan fingerprint density at radius 3 is 2.94 bits per heavy atom. The van der Waals surface area contributed by atoms with Gasteiger partial charge in [-0.05, 0) is 38.9 Å². The first-order chi connectivity index (χ1) is 7.65. The lowest BCUT2D eigenvalue weighted by Gasteiger charge is -2.35. The first-order valence-electron chi connectivity index (χ1n) is 5.73. The van der Waals surface area contributed by atoms with E-state index in [-0.39, 0.29) is 5.82 Å². The maximum atomic E-state index is 12.7. The summed E-state index contributed by atoms with van der Waals surface area (Å²) >= 11 is 0. The van der Waals surface area contributed by atoms with E-state index >= 15 is 0 Å². The molecule has 16 heavy (non-hydrogen) atoms. The third-order valence-electron chi connectivity index (χ3n) is 3.29. The normalized spacial score (nSPS) is 26.7. The second-order valence-corrected chi connectivity index (χ2v) is 4.56. The Bertz CT molecular complexity index is 339. The van der Waals surface area contributed by atoms with Crippen LogP contribution in [0.5, 0.6) is 0 Å². The lowest BCUT2D eigenvalue weighted by molar-refractivity contribution is 0.190. The van der Waals surface area contributed by atoms with Gasteiger partial charge in [-0.3, -0.25) is 0 Å². The molecule has 0 amide bonds. The maximum Gasteiger partial charge on any atom is 0.141 e. The first-order valence-corrected chi connectivity index (χ1v) is 5.73. The summed E-state index contributed by atoms with van der Waals surface area (Å²) in [6.07, 6.45) is 3.47. The summed E-state index contributed by atoms with van der Waals surface area (Å²) in [6.45, 7) is 3.33. The van der Waals surface area contributed by atoms with Gasteiger partial charge < -0.3 is 10.2 Å². The van der Waals surface area contributed by atoms with E-state index < -0.39 is 0 Å². The number of hydrogen-bond acceptors (Lipinski definition) is 3. The van der Waals surface area contributed by atoms with Crippen LogP contribution in [-0.2, 0) is 0 Å². The molecule has 0 aliphatic carbocycles. The molecule has 0 radical (unpaired) electrons. The van der Waals surface area contributed by atoms with E-state index in [1.807, 2.05) is 0 Å². The number of anilines is 1. The van der Waals surface area contributed by atoms with Crippen LogP contribution in [0.15, 0.2) is 18.3 Å². The van der Waals surface area contributed by atoms with Gasteiger partial charge in [0.2, 0.25) is 0 Å². The van der Waals surface area contributed by atoms with Crippen molar-refractivity contribution in [3.05, 3.63) is 24.1 Å². The highest BCUT2D eigenvalue weighted by molar-refractivity contribution is 5.35. The van der Waals surface area contributed by atoms with E-state index in [1.165, 1.54) is 12.3 Å². The molecular formula is C12H18FN3. The molecule has 88 valence electrons. The SMILES string of the molecule is CC1CC(Nc2ccc(F)cn2)CCN1C. The van der Waals surface area contributed by atoms with Gasteiger partial charge in [-0.25, -0.2) is 9.37 Å². The zero-order valence-electron chi connectivity index (χ0n) is 9.78. The van der Waals surface area contributed by atoms with Gasteiger partial charge in [-0.1, -0.05) is 0 Å². The molecule has 0 spiro atoms. The van der Waals surface area contributed by atoms with Crippen molar-refractivity contribution in [2.24, 2.45) is 0 Å². The van der Waals surface area contributed by atoms with Crippen LogP contribution >= 0.6 is 0 Å². The topological polar surface area (TPSA) is 28.2 Å². The van der Waals surface area contributed by atoms with Crippen molar-refractivity contribution in [2.75, 3.05) is 18.9 Å². The summed E-state index contributed by atoms with van der Waals surface area (Å²) in [5.74, 6) is 0.477. The maximum absolute atomic E-state index is 12.7. The molecule has 0 aromatic carbocycles. The number of halogens is 1. The summed E-state index contributed by atoms with van der Waals surface area (Å²) in [4.78, 5) is 6.37. The molecule has 1 N–H and O–H groups in total. The predicted molar refractivity (Wildman–Crippen MR) is 62.9 cm³/mol. The number of aromatic nitrogens is 1. The van der Waals surface area contributed by atoms with Crippen molar-refractivity contribution in [2.45, 2.75) is 31.8 Å². The molecule has 0 saturated carbocycles. The first kappa shape index (κ1) is 11.3. The fraction of sp³-hybridized carbons (Fsp3) is 0.583. The Morgan fingerprint density at radius 2 is 2.31 bits per heavy atom. The standard InChI is InChI=1S/C12H18FN3/c1-9-7-11(5-6-16(9)2)15-12-4-3-10(13)8-14-12/h3-4,8-9,11H,5-7H2,1-2H3,(H,14,15). The molecule has 2 unspecified atom stereocenters. The Kier molecular flexibility index (Phi) is 3.39. The fourth-order valence-corrected chi connectivity index (χ4v) is 2.09. The Hall–Kier alpha value is -1.16. The van der Waals surface area contributed by atoms with Crippen molar-refractivity contribution in [3.63, 3.8) is 0 Å². The van der Waals surface area contributed by atoms with Crippen LogP contribution in [0.2, 0.25) is 0 Å². The number of likely N-dealkylation sites (tertiary alicyclic amines) is 1. The molecular weight excluding hydrogens is 205 g/mol. The minimum Gasteiger partial charge on any atom is -0.367 e. The lowest BCUT2D eigenvalue weighted by atomic mass is 9.99. The highest BCUT2D eigenvalue weighted by atomic mass is 19.1. The van der Waals surface area contributed by atoms with Gasteiger partial charge >= 0.3 is 0 Å². The van der Waals surface area contributed by atoms with Crippen LogP contribution in [0.4, 0.5) is 10.2 Å². The van der Waals surface area contributed by atoms with Crippen molar-refractivity contribution >= 4 is 5.82 Å². The Labute approximate surface area is 95.7 Å². The van der Waals surface area contributed by atoms with Crippen molar-refractivity contribution in [1.29, 1.82) is 0 Å². The van der Waals surface area contributed by atoms with Gasteiger partial charge in [0.15, 0.2) is 0 Å². The quantitative estimate of drug-likeness (QED) is 0.832. The summed E-state index contributed by atoms with van der Waals surface area (Å²) in [7, 11) is 2.15. The summed E-state index contributed by atoms with van der Waals surface area (Å²) in [5, 5.41) is 3.35. The van der Waals surface area contributed by atoms with Gasteiger partial charge in [0.05, 0.1) is 6.20 Å². The molecule has 3 nitrogen and oxygen atoms in total. The molecule has 2 rings (SSSR count). The van der Waals surface area contributed by atoms with Gasteiger partial charge in [0, 0.05) is 18.6 Å². The molecule has 2 heterocycles. The molecule has 1 aliphatic rings. The number of nitrogens with one attached hydrogen (secondary N) is 1. The zero-order valence-corrected chi connectivity index (χ0v) is 9.78. The minimum absolute atomic E-state index is 0.290. The molecule has 1 saturated heterocycles. The van der Waals surface area contributed by atoms with Crippen LogP contribution in [0.1, 0.15) is 19.8 Å². The highest BCUT2D eigenvalue weighted by Crippen LogP contribution is 2.18. The summed E-state index contributed by atoms with van der Waals surface area (Å²) in [6, 6.07) is 4.17. The Morgan fingerprint density at radius 1 is 1.50 bits per heavy atom. The highest BCUT2D eigenvalue weighted by Gasteiger charge is 2.22. The van der Waals surface area contributed by atoms with Crippen LogP contribution in [0.25, 0.3) is 0 Å². The number of hydrogen-bond donors (Lipinski definition) is 1. The van der Waals surface area contributed by atoms with E-state index in [4.69, 9.17) is 0 Å². The third kappa shape index (κ3) is 2.70. The lowest BCUT2D eigenvalue weighted by Crippen LogP contribution is -2.42. The fourth-order valence-electron chi connectivity index (χ4n) is 2.09.